The van der Waals surface area contributed by atoms with Crippen molar-refractivity contribution in [2.75, 3.05) is 0 Å². The monoisotopic (exact) mass is 389 g/mol. The second kappa shape index (κ2) is 5.63. The van der Waals surface area contributed by atoms with E-state index in [0.717, 1.165) is 48.6 Å². The van der Waals surface area contributed by atoms with Crippen LogP contribution >= 0.6 is 22.6 Å². The van der Waals surface area contributed by atoms with Crippen LogP contribution in [0.3, 0.4) is 0 Å². The largest absolute Gasteiger partial charge is 0.480 e. The van der Waals surface area contributed by atoms with Gasteiger partial charge < -0.3 is 5.11 Å². The summed E-state index contributed by atoms with van der Waals surface area (Å²) in [6.45, 7) is 0.801. The summed E-state index contributed by atoms with van der Waals surface area (Å²) < 4.78 is 3.04. The lowest BCUT2D eigenvalue weighted by Gasteiger charge is -2.32. The van der Waals surface area contributed by atoms with E-state index in [1.165, 1.54) is 0 Å². The van der Waals surface area contributed by atoms with Crippen LogP contribution < -0.4 is 5.32 Å². The minimum atomic E-state index is -0.693. The molecule has 2 atom stereocenters. The topological polar surface area (TPSA) is 67.2 Å². The van der Waals surface area contributed by atoms with Gasteiger partial charge in [0.2, 0.25) is 0 Å². The maximum absolute atomic E-state index is 11.8. The molecule has 2 aliphatic rings. The molecule has 1 heterocycles. The van der Waals surface area contributed by atoms with Gasteiger partial charge >= 0.3 is 5.97 Å². The van der Waals surface area contributed by atoms with Gasteiger partial charge in [0.1, 0.15) is 5.54 Å². The van der Waals surface area contributed by atoms with Crippen LogP contribution in [0.1, 0.15) is 38.5 Å². The van der Waals surface area contributed by atoms with Gasteiger partial charge in [0, 0.05) is 18.8 Å². The Balaban J connectivity index is 1.67. The predicted octanol–water partition coefficient (Wildman–Crippen LogP) is 2.25. The molecule has 2 fully saturated rings. The standard InChI is InChI=1S/C14H20IN3O2/c15-11-8-16-18(9-11)7-5-10-2-1-6-14(10,13(19)20)17-12-3-4-12/h8-10,12,17H,1-7H2,(H,19,20). The van der Waals surface area contributed by atoms with Crippen LogP contribution in [0.5, 0.6) is 0 Å². The Labute approximate surface area is 132 Å². The van der Waals surface area contributed by atoms with Crippen molar-refractivity contribution in [3.05, 3.63) is 16.0 Å². The quantitative estimate of drug-likeness (QED) is 0.733. The Hall–Kier alpha value is -0.630. The molecular formula is C14H20IN3O2. The van der Waals surface area contributed by atoms with E-state index in [1.54, 1.807) is 0 Å². The van der Waals surface area contributed by atoms with Crippen LogP contribution in [0.4, 0.5) is 0 Å². The highest BCUT2D eigenvalue weighted by Crippen LogP contribution is 2.41. The lowest BCUT2D eigenvalue weighted by Crippen LogP contribution is -2.55. The van der Waals surface area contributed by atoms with Gasteiger partial charge in [-0.3, -0.25) is 14.8 Å². The number of carboxylic acids is 1. The molecule has 0 aliphatic heterocycles. The molecule has 20 heavy (non-hydrogen) atoms. The predicted molar refractivity (Wildman–Crippen MR) is 83.4 cm³/mol. The summed E-state index contributed by atoms with van der Waals surface area (Å²) in [5, 5.41) is 17.4. The molecule has 0 bridgehead atoms. The fraction of sp³-hybridized carbons (Fsp3) is 0.714. The highest BCUT2D eigenvalue weighted by molar-refractivity contribution is 14.1. The van der Waals surface area contributed by atoms with E-state index >= 15 is 0 Å². The average Bonchev–Trinajstić information content (AvgIpc) is 2.95. The number of aryl methyl sites for hydroxylation is 1. The fourth-order valence-electron chi connectivity index (χ4n) is 3.34. The van der Waals surface area contributed by atoms with Gasteiger partial charge in [-0.25, -0.2) is 0 Å². The molecule has 1 aromatic rings. The van der Waals surface area contributed by atoms with Crippen LogP contribution in [0.15, 0.2) is 12.4 Å². The highest BCUT2D eigenvalue weighted by atomic mass is 127. The molecule has 3 rings (SSSR count). The molecule has 5 nitrogen and oxygen atoms in total. The Morgan fingerprint density at radius 2 is 2.35 bits per heavy atom. The first kappa shape index (κ1) is 14.3. The normalized spacial score (nSPS) is 29.8. The molecule has 0 aromatic carbocycles. The Bertz CT molecular complexity index is 500. The minimum Gasteiger partial charge on any atom is -0.480 e. The third kappa shape index (κ3) is 2.86. The number of nitrogens with one attached hydrogen (secondary N) is 1. The van der Waals surface area contributed by atoms with Gasteiger partial charge in [-0.15, -0.1) is 0 Å². The number of nitrogens with zero attached hydrogens (tertiary/aromatic N) is 2. The fourth-order valence-corrected chi connectivity index (χ4v) is 3.79. The first-order valence-electron chi connectivity index (χ1n) is 7.29. The van der Waals surface area contributed by atoms with Gasteiger partial charge in [0.25, 0.3) is 0 Å². The number of rotatable bonds is 6. The van der Waals surface area contributed by atoms with Crippen molar-refractivity contribution in [1.82, 2.24) is 15.1 Å². The van der Waals surface area contributed by atoms with E-state index in [2.05, 4.69) is 33.0 Å². The number of hydrogen-bond donors (Lipinski definition) is 2. The van der Waals surface area contributed by atoms with Crippen molar-refractivity contribution >= 4 is 28.6 Å². The zero-order valence-electron chi connectivity index (χ0n) is 11.4. The van der Waals surface area contributed by atoms with Crippen molar-refractivity contribution in [3.63, 3.8) is 0 Å². The highest BCUT2D eigenvalue weighted by Gasteiger charge is 2.51. The summed E-state index contributed by atoms with van der Waals surface area (Å²) in [7, 11) is 0. The Morgan fingerprint density at radius 1 is 1.55 bits per heavy atom. The molecule has 1 aromatic heterocycles. The van der Waals surface area contributed by atoms with E-state index in [9.17, 15) is 9.90 Å². The Morgan fingerprint density at radius 3 is 2.95 bits per heavy atom. The van der Waals surface area contributed by atoms with Crippen LogP contribution in [-0.2, 0) is 11.3 Å². The molecule has 0 spiro atoms. The molecule has 2 unspecified atom stereocenters. The molecule has 0 radical (unpaired) electrons. The van der Waals surface area contributed by atoms with Crippen LogP contribution in [0, 0.1) is 9.49 Å². The minimum absolute atomic E-state index is 0.211. The average molecular weight is 389 g/mol. The molecule has 2 aliphatic carbocycles. The van der Waals surface area contributed by atoms with E-state index in [4.69, 9.17) is 0 Å². The van der Waals surface area contributed by atoms with Crippen molar-refractivity contribution in [3.8, 4) is 0 Å². The second-order valence-electron chi connectivity index (χ2n) is 5.99. The number of aromatic nitrogens is 2. The van der Waals surface area contributed by atoms with Crippen molar-refractivity contribution in [1.29, 1.82) is 0 Å². The zero-order chi connectivity index (χ0) is 14.2. The van der Waals surface area contributed by atoms with E-state index in [1.807, 2.05) is 17.1 Å². The number of carboxylic acid groups (broad SMARTS) is 1. The number of carbonyl (C=O) groups is 1. The first-order valence-corrected chi connectivity index (χ1v) is 8.37. The van der Waals surface area contributed by atoms with Crippen molar-refractivity contribution in [2.24, 2.45) is 5.92 Å². The Kier molecular flexibility index (Phi) is 4.03. The lowest BCUT2D eigenvalue weighted by atomic mass is 9.84. The number of aliphatic carboxylic acids is 1. The molecule has 2 N–H and O–H groups in total. The van der Waals surface area contributed by atoms with Gasteiger partial charge in [-0.1, -0.05) is 6.42 Å². The van der Waals surface area contributed by atoms with Gasteiger partial charge in [0.15, 0.2) is 0 Å². The van der Waals surface area contributed by atoms with Crippen LogP contribution in [0.25, 0.3) is 0 Å². The molecule has 0 saturated heterocycles. The molecule has 2 saturated carbocycles. The second-order valence-corrected chi connectivity index (χ2v) is 7.24. The molecule has 110 valence electrons. The number of hydrogen-bond acceptors (Lipinski definition) is 3. The summed E-state index contributed by atoms with van der Waals surface area (Å²) >= 11 is 2.24. The summed E-state index contributed by atoms with van der Waals surface area (Å²) in [5.74, 6) is -0.454. The van der Waals surface area contributed by atoms with E-state index in [0.29, 0.717) is 6.04 Å². The smallest absolute Gasteiger partial charge is 0.324 e. The van der Waals surface area contributed by atoms with E-state index in [-0.39, 0.29) is 5.92 Å². The van der Waals surface area contributed by atoms with Crippen LogP contribution in [0.2, 0.25) is 0 Å². The van der Waals surface area contributed by atoms with Gasteiger partial charge in [-0.2, -0.15) is 5.10 Å². The molecule has 6 heteroatoms. The summed E-state index contributed by atoms with van der Waals surface area (Å²) in [6.07, 6.45) is 9.74. The molecule has 0 amide bonds. The third-order valence-corrected chi connectivity index (χ3v) is 5.11. The third-order valence-electron chi connectivity index (χ3n) is 4.55. The van der Waals surface area contributed by atoms with E-state index < -0.39 is 11.5 Å². The maximum atomic E-state index is 11.8. The maximum Gasteiger partial charge on any atom is 0.324 e. The zero-order valence-corrected chi connectivity index (χ0v) is 13.5. The molecular weight excluding hydrogens is 369 g/mol. The van der Waals surface area contributed by atoms with Gasteiger partial charge in [0.05, 0.1) is 9.77 Å². The summed E-state index contributed by atoms with van der Waals surface area (Å²) in [6, 6.07) is 0.428. The lowest BCUT2D eigenvalue weighted by molar-refractivity contribution is -0.147. The van der Waals surface area contributed by atoms with Crippen molar-refractivity contribution in [2.45, 2.75) is 56.7 Å². The summed E-state index contributed by atoms with van der Waals surface area (Å²) in [5.41, 5.74) is -0.693. The van der Waals surface area contributed by atoms with Crippen LogP contribution in [-0.4, -0.2) is 32.4 Å². The SMILES string of the molecule is O=C(O)C1(NC2CC2)CCCC1CCn1cc(I)cn1. The first-order chi connectivity index (χ1) is 9.60. The van der Waals surface area contributed by atoms with Gasteiger partial charge in [-0.05, 0) is 60.6 Å². The summed E-state index contributed by atoms with van der Waals surface area (Å²) in [4.78, 5) is 11.8. The number of halogens is 1. The van der Waals surface area contributed by atoms with Crippen molar-refractivity contribution < 1.29 is 9.90 Å².